The molecule has 1 aromatic heterocycles. The second kappa shape index (κ2) is 8.39. The van der Waals surface area contributed by atoms with Gasteiger partial charge in [-0.1, -0.05) is 0 Å². The Labute approximate surface area is 159 Å². The molecule has 1 atom stereocenters. The lowest BCUT2D eigenvalue weighted by molar-refractivity contribution is -0.149. The van der Waals surface area contributed by atoms with E-state index in [0.717, 1.165) is 25.6 Å². The summed E-state index contributed by atoms with van der Waals surface area (Å²) in [6.45, 7) is 5.44. The highest BCUT2D eigenvalue weighted by atomic mass is 16.5. The highest BCUT2D eigenvalue weighted by molar-refractivity contribution is 5.93. The van der Waals surface area contributed by atoms with Gasteiger partial charge >= 0.3 is 0 Å². The topological polar surface area (TPSA) is 90.6 Å². The van der Waals surface area contributed by atoms with Crippen molar-refractivity contribution < 1.29 is 14.3 Å². The molecule has 2 saturated heterocycles. The van der Waals surface area contributed by atoms with Crippen LogP contribution in [0.3, 0.4) is 0 Å². The SMILES string of the molecule is O=C(NC[C@@H]1CN(CC2CCN(CC3CC3)CC2)C(=O)CO1)c1cn[nH]c1. The minimum Gasteiger partial charge on any atom is -0.365 e. The molecule has 27 heavy (non-hydrogen) atoms. The van der Waals surface area contributed by atoms with Crippen molar-refractivity contribution in [1.29, 1.82) is 0 Å². The van der Waals surface area contributed by atoms with Gasteiger partial charge in [-0.05, 0) is 50.6 Å². The second-order valence-corrected chi connectivity index (χ2v) is 8.12. The van der Waals surface area contributed by atoms with Gasteiger partial charge in [0, 0.05) is 32.4 Å². The summed E-state index contributed by atoms with van der Waals surface area (Å²) in [7, 11) is 0. The lowest BCUT2D eigenvalue weighted by Gasteiger charge is -2.38. The minimum atomic E-state index is -0.182. The number of hydrogen-bond donors (Lipinski definition) is 2. The smallest absolute Gasteiger partial charge is 0.254 e. The lowest BCUT2D eigenvalue weighted by Crippen LogP contribution is -2.52. The van der Waals surface area contributed by atoms with Gasteiger partial charge < -0.3 is 19.9 Å². The van der Waals surface area contributed by atoms with Crippen LogP contribution in [0.1, 0.15) is 36.0 Å². The van der Waals surface area contributed by atoms with E-state index in [-0.39, 0.29) is 24.5 Å². The normalized spacial score (nSPS) is 25.0. The summed E-state index contributed by atoms with van der Waals surface area (Å²) in [5.74, 6) is 1.40. The molecule has 0 radical (unpaired) electrons. The van der Waals surface area contributed by atoms with Gasteiger partial charge in [0.25, 0.3) is 5.91 Å². The average Bonchev–Trinajstić information content (AvgIpc) is 3.31. The van der Waals surface area contributed by atoms with E-state index in [1.165, 1.54) is 38.4 Å². The molecule has 3 fully saturated rings. The van der Waals surface area contributed by atoms with Crippen molar-refractivity contribution in [3.05, 3.63) is 18.0 Å². The van der Waals surface area contributed by atoms with Crippen LogP contribution < -0.4 is 5.32 Å². The number of morpholine rings is 1. The van der Waals surface area contributed by atoms with Gasteiger partial charge in [-0.25, -0.2) is 0 Å². The monoisotopic (exact) mass is 375 g/mol. The standard InChI is InChI=1S/C19H29N5O3/c25-18-13-27-17(9-20-19(26)16-7-21-22-8-16)12-24(18)11-15-3-5-23(6-4-15)10-14-1-2-14/h7-8,14-15,17H,1-6,9-13H2,(H,20,26)(H,21,22)/t17-/m1/s1. The number of hydrogen-bond acceptors (Lipinski definition) is 5. The second-order valence-electron chi connectivity index (χ2n) is 8.12. The maximum absolute atomic E-state index is 12.2. The Morgan fingerprint density at radius 2 is 2.00 bits per heavy atom. The van der Waals surface area contributed by atoms with E-state index in [4.69, 9.17) is 4.74 Å². The molecule has 1 aromatic rings. The molecule has 3 heterocycles. The summed E-state index contributed by atoms with van der Waals surface area (Å²) in [5.41, 5.74) is 0.497. The zero-order valence-electron chi connectivity index (χ0n) is 15.7. The van der Waals surface area contributed by atoms with Crippen LogP contribution in [0.25, 0.3) is 0 Å². The fraction of sp³-hybridized carbons (Fsp3) is 0.737. The van der Waals surface area contributed by atoms with Gasteiger partial charge in [-0.15, -0.1) is 0 Å². The van der Waals surface area contributed by atoms with Gasteiger partial charge in [0.2, 0.25) is 5.91 Å². The number of likely N-dealkylation sites (tertiary alicyclic amines) is 1. The van der Waals surface area contributed by atoms with Crippen LogP contribution in [0.2, 0.25) is 0 Å². The van der Waals surface area contributed by atoms with Crippen LogP contribution in [0.5, 0.6) is 0 Å². The van der Waals surface area contributed by atoms with E-state index in [0.29, 0.717) is 24.6 Å². The van der Waals surface area contributed by atoms with E-state index in [9.17, 15) is 9.59 Å². The fourth-order valence-electron chi connectivity index (χ4n) is 3.99. The number of carbonyl (C=O) groups excluding carboxylic acids is 2. The molecule has 8 heteroatoms. The number of H-pyrrole nitrogens is 1. The number of nitrogens with zero attached hydrogens (tertiary/aromatic N) is 3. The van der Waals surface area contributed by atoms with Crippen LogP contribution in [0, 0.1) is 11.8 Å². The first-order chi connectivity index (χ1) is 13.2. The Balaban J connectivity index is 1.20. The summed E-state index contributed by atoms with van der Waals surface area (Å²) in [6, 6.07) is 0. The van der Waals surface area contributed by atoms with Crippen LogP contribution in [-0.2, 0) is 9.53 Å². The maximum atomic E-state index is 12.2. The molecule has 2 aliphatic heterocycles. The third-order valence-electron chi connectivity index (χ3n) is 5.87. The highest BCUT2D eigenvalue weighted by Crippen LogP contribution is 2.31. The number of aromatic nitrogens is 2. The van der Waals surface area contributed by atoms with Gasteiger partial charge in [0.1, 0.15) is 6.61 Å². The van der Waals surface area contributed by atoms with Gasteiger partial charge in [0.05, 0.1) is 17.9 Å². The third kappa shape index (κ3) is 5.07. The van der Waals surface area contributed by atoms with E-state index in [2.05, 4.69) is 20.4 Å². The van der Waals surface area contributed by atoms with Gasteiger partial charge in [0.15, 0.2) is 0 Å². The Bertz CT molecular complexity index is 638. The van der Waals surface area contributed by atoms with Crippen LogP contribution in [-0.4, -0.2) is 83.8 Å². The molecule has 0 unspecified atom stereocenters. The molecule has 148 valence electrons. The van der Waals surface area contributed by atoms with Crippen molar-refractivity contribution in [2.45, 2.75) is 31.8 Å². The molecular formula is C19H29N5O3. The van der Waals surface area contributed by atoms with E-state index in [1.807, 2.05) is 4.90 Å². The van der Waals surface area contributed by atoms with Crippen molar-refractivity contribution in [3.63, 3.8) is 0 Å². The zero-order chi connectivity index (χ0) is 18.6. The molecule has 1 aliphatic carbocycles. The summed E-state index contributed by atoms with van der Waals surface area (Å²) >= 11 is 0. The van der Waals surface area contributed by atoms with E-state index < -0.39 is 0 Å². The summed E-state index contributed by atoms with van der Waals surface area (Å²) in [6.07, 6.45) is 8.03. The fourth-order valence-corrected chi connectivity index (χ4v) is 3.99. The van der Waals surface area contributed by atoms with Crippen molar-refractivity contribution in [3.8, 4) is 0 Å². The quantitative estimate of drug-likeness (QED) is 0.724. The van der Waals surface area contributed by atoms with Gasteiger partial charge in [-0.2, -0.15) is 5.10 Å². The van der Waals surface area contributed by atoms with Crippen molar-refractivity contribution in [2.24, 2.45) is 11.8 Å². The molecule has 4 rings (SSSR count). The molecule has 0 bridgehead atoms. The van der Waals surface area contributed by atoms with Crippen molar-refractivity contribution >= 4 is 11.8 Å². The summed E-state index contributed by atoms with van der Waals surface area (Å²) in [4.78, 5) is 28.8. The molecule has 2 N–H and O–H groups in total. The zero-order valence-corrected chi connectivity index (χ0v) is 15.7. The summed E-state index contributed by atoms with van der Waals surface area (Å²) in [5, 5.41) is 9.26. The number of aromatic amines is 1. The van der Waals surface area contributed by atoms with Crippen LogP contribution in [0.15, 0.2) is 12.4 Å². The first-order valence-electron chi connectivity index (χ1n) is 10.1. The molecular weight excluding hydrogens is 346 g/mol. The molecule has 8 nitrogen and oxygen atoms in total. The number of amides is 2. The number of ether oxygens (including phenoxy) is 1. The third-order valence-corrected chi connectivity index (χ3v) is 5.87. The molecule has 0 aromatic carbocycles. The number of piperidine rings is 1. The Morgan fingerprint density at radius 1 is 1.22 bits per heavy atom. The predicted molar refractivity (Wildman–Crippen MR) is 99.1 cm³/mol. The van der Waals surface area contributed by atoms with Crippen molar-refractivity contribution in [2.75, 3.05) is 45.9 Å². The van der Waals surface area contributed by atoms with Crippen LogP contribution >= 0.6 is 0 Å². The molecule has 2 amide bonds. The first-order valence-corrected chi connectivity index (χ1v) is 10.1. The van der Waals surface area contributed by atoms with E-state index in [1.54, 1.807) is 6.20 Å². The molecule has 0 spiro atoms. The molecule has 3 aliphatic rings. The predicted octanol–water partition coefficient (Wildman–Crippen LogP) is 0.489. The molecule has 1 saturated carbocycles. The number of carbonyl (C=O) groups is 2. The van der Waals surface area contributed by atoms with Crippen LogP contribution in [0.4, 0.5) is 0 Å². The maximum Gasteiger partial charge on any atom is 0.254 e. The largest absolute Gasteiger partial charge is 0.365 e. The number of rotatable bonds is 7. The van der Waals surface area contributed by atoms with Gasteiger partial charge in [-0.3, -0.25) is 14.7 Å². The van der Waals surface area contributed by atoms with E-state index >= 15 is 0 Å². The Hall–Kier alpha value is -1.93. The Kier molecular flexibility index (Phi) is 5.73. The lowest BCUT2D eigenvalue weighted by atomic mass is 9.95. The summed E-state index contributed by atoms with van der Waals surface area (Å²) < 4.78 is 5.61. The highest BCUT2D eigenvalue weighted by Gasteiger charge is 2.31. The first kappa shape index (κ1) is 18.4. The average molecular weight is 375 g/mol. The Morgan fingerprint density at radius 3 is 2.70 bits per heavy atom. The minimum absolute atomic E-state index is 0.0628. The van der Waals surface area contributed by atoms with Crippen molar-refractivity contribution in [1.82, 2.24) is 25.3 Å². The number of nitrogens with one attached hydrogen (secondary N) is 2.